The molecule has 14 heavy (non-hydrogen) atoms. The standard InChI is InChI=1S/C10H15BrO2Si/c1-12-14(13-2)8-10-5-3-4-9(6-10)7-11/h3-6,14H,7-8H2,1-2H3. The number of alkyl halides is 1. The third kappa shape index (κ3) is 3.53. The normalized spacial score (nSPS) is 10.9. The van der Waals surface area contributed by atoms with E-state index in [0.717, 1.165) is 11.4 Å². The fraction of sp³-hybridized carbons (Fsp3) is 0.400. The Morgan fingerprint density at radius 1 is 1.21 bits per heavy atom. The number of rotatable bonds is 5. The second-order valence-corrected chi connectivity index (χ2v) is 5.83. The Hall–Kier alpha value is -0.163. The molecule has 1 rings (SSSR count). The van der Waals surface area contributed by atoms with Gasteiger partial charge in [-0.2, -0.15) is 0 Å². The molecule has 0 spiro atoms. The van der Waals surface area contributed by atoms with Gasteiger partial charge in [0.25, 0.3) is 0 Å². The summed E-state index contributed by atoms with van der Waals surface area (Å²) < 4.78 is 10.6. The van der Waals surface area contributed by atoms with Crippen LogP contribution in [0.1, 0.15) is 11.1 Å². The van der Waals surface area contributed by atoms with Crippen LogP contribution in [0, 0.1) is 0 Å². The van der Waals surface area contributed by atoms with E-state index in [1.807, 2.05) is 0 Å². The lowest BCUT2D eigenvalue weighted by molar-refractivity contribution is 0.277. The molecule has 0 fully saturated rings. The van der Waals surface area contributed by atoms with Gasteiger partial charge in [0, 0.05) is 25.6 Å². The molecule has 2 nitrogen and oxygen atoms in total. The Labute approximate surface area is 95.2 Å². The molecule has 0 unspecified atom stereocenters. The van der Waals surface area contributed by atoms with Crippen molar-refractivity contribution in [3.05, 3.63) is 35.4 Å². The molecule has 0 amide bonds. The van der Waals surface area contributed by atoms with Gasteiger partial charge in [-0.15, -0.1) is 0 Å². The highest BCUT2D eigenvalue weighted by Crippen LogP contribution is 2.10. The minimum absolute atomic E-state index is 0.896. The van der Waals surface area contributed by atoms with Gasteiger partial charge < -0.3 is 8.85 Å². The Bertz CT molecular complexity index is 277. The van der Waals surface area contributed by atoms with Gasteiger partial charge in [0.05, 0.1) is 0 Å². The second kappa shape index (κ2) is 6.34. The number of hydrogen-bond acceptors (Lipinski definition) is 2. The highest BCUT2D eigenvalue weighted by molar-refractivity contribution is 9.08. The first-order chi connectivity index (χ1) is 6.80. The molecule has 1 aromatic carbocycles. The quantitative estimate of drug-likeness (QED) is 0.605. The summed E-state index contributed by atoms with van der Waals surface area (Å²) in [6.07, 6.45) is 0. The summed E-state index contributed by atoms with van der Waals surface area (Å²) >= 11 is 3.44. The molecule has 0 atom stereocenters. The summed E-state index contributed by atoms with van der Waals surface area (Å²) in [4.78, 5) is 0. The zero-order valence-electron chi connectivity index (χ0n) is 8.50. The lowest BCUT2D eigenvalue weighted by Crippen LogP contribution is -2.22. The summed E-state index contributed by atoms with van der Waals surface area (Å²) in [5, 5.41) is 0.896. The second-order valence-electron chi connectivity index (χ2n) is 3.06. The van der Waals surface area contributed by atoms with Crippen LogP contribution in [0.5, 0.6) is 0 Å². The van der Waals surface area contributed by atoms with Crippen LogP contribution in [0.15, 0.2) is 24.3 Å². The van der Waals surface area contributed by atoms with Crippen LogP contribution in [-0.4, -0.2) is 23.5 Å². The number of hydrogen-bond donors (Lipinski definition) is 0. The van der Waals surface area contributed by atoms with E-state index in [-0.39, 0.29) is 0 Å². The van der Waals surface area contributed by atoms with Crippen molar-refractivity contribution in [2.24, 2.45) is 0 Å². The van der Waals surface area contributed by atoms with E-state index in [2.05, 4.69) is 40.2 Å². The van der Waals surface area contributed by atoms with Crippen molar-refractivity contribution in [2.75, 3.05) is 14.2 Å². The van der Waals surface area contributed by atoms with Gasteiger partial charge >= 0.3 is 9.28 Å². The largest absolute Gasteiger partial charge is 0.400 e. The van der Waals surface area contributed by atoms with Crippen LogP contribution in [-0.2, 0) is 20.2 Å². The van der Waals surface area contributed by atoms with E-state index in [0.29, 0.717) is 0 Å². The molecule has 0 aromatic heterocycles. The summed E-state index contributed by atoms with van der Waals surface area (Å²) in [5.41, 5.74) is 2.59. The Morgan fingerprint density at radius 2 is 1.86 bits per heavy atom. The summed E-state index contributed by atoms with van der Waals surface area (Å²) in [5.74, 6) is 0. The lowest BCUT2D eigenvalue weighted by Gasteiger charge is -2.11. The molecule has 78 valence electrons. The smallest absolute Gasteiger partial charge is 0.325 e. The van der Waals surface area contributed by atoms with Gasteiger partial charge in [0.15, 0.2) is 0 Å². The maximum Gasteiger partial charge on any atom is 0.325 e. The first-order valence-corrected chi connectivity index (χ1v) is 7.37. The predicted octanol–water partition coefficient (Wildman–Crippen LogP) is 2.18. The maximum absolute atomic E-state index is 5.28. The average Bonchev–Trinajstić information content (AvgIpc) is 2.26. The van der Waals surface area contributed by atoms with Gasteiger partial charge in [0.1, 0.15) is 0 Å². The van der Waals surface area contributed by atoms with E-state index < -0.39 is 9.28 Å². The van der Waals surface area contributed by atoms with Gasteiger partial charge in [-0.3, -0.25) is 0 Å². The van der Waals surface area contributed by atoms with Gasteiger partial charge in [-0.1, -0.05) is 40.2 Å². The molecule has 0 bridgehead atoms. The fourth-order valence-corrected chi connectivity index (χ4v) is 2.81. The molecule has 0 radical (unpaired) electrons. The zero-order valence-corrected chi connectivity index (χ0v) is 11.2. The Morgan fingerprint density at radius 3 is 2.43 bits per heavy atom. The first kappa shape index (κ1) is 11.9. The zero-order chi connectivity index (χ0) is 10.4. The van der Waals surface area contributed by atoms with Crippen molar-refractivity contribution in [2.45, 2.75) is 11.4 Å². The third-order valence-electron chi connectivity index (χ3n) is 2.07. The van der Waals surface area contributed by atoms with Crippen LogP contribution in [0.2, 0.25) is 0 Å². The van der Waals surface area contributed by atoms with Gasteiger partial charge in [-0.25, -0.2) is 0 Å². The molecule has 0 aliphatic carbocycles. The topological polar surface area (TPSA) is 18.5 Å². The van der Waals surface area contributed by atoms with Crippen LogP contribution in [0.25, 0.3) is 0 Å². The van der Waals surface area contributed by atoms with Crippen LogP contribution >= 0.6 is 15.9 Å². The minimum Gasteiger partial charge on any atom is -0.400 e. The summed E-state index contributed by atoms with van der Waals surface area (Å²) in [7, 11) is 1.97. The highest BCUT2D eigenvalue weighted by Gasteiger charge is 2.10. The predicted molar refractivity (Wildman–Crippen MR) is 63.9 cm³/mol. The van der Waals surface area contributed by atoms with E-state index in [1.165, 1.54) is 11.1 Å². The SMILES string of the molecule is CO[SiH](Cc1cccc(CBr)c1)OC. The van der Waals surface area contributed by atoms with E-state index in [4.69, 9.17) is 8.85 Å². The molecular formula is C10H15BrO2Si. The molecule has 4 heteroatoms. The first-order valence-electron chi connectivity index (χ1n) is 4.49. The molecule has 1 aromatic rings. The van der Waals surface area contributed by atoms with Crippen LogP contribution < -0.4 is 0 Å². The van der Waals surface area contributed by atoms with Crippen molar-refractivity contribution in [1.29, 1.82) is 0 Å². The Kier molecular flexibility index (Phi) is 5.40. The molecule has 0 N–H and O–H groups in total. The van der Waals surface area contributed by atoms with Crippen molar-refractivity contribution in [3.63, 3.8) is 0 Å². The average molecular weight is 275 g/mol. The van der Waals surface area contributed by atoms with Crippen molar-refractivity contribution in [3.8, 4) is 0 Å². The molecule has 0 saturated carbocycles. The third-order valence-corrected chi connectivity index (χ3v) is 4.58. The van der Waals surface area contributed by atoms with E-state index in [9.17, 15) is 0 Å². The minimum atomic E-state index is -1.47. The van der Waals surface area contributed by atoms with Gasteiger partial charge in [-0.05, 0) is 11.1 Å². The Balaban J connectivity index is 2.65. The number of benzene rings is 1. The molecule has 0 saturated heterocycles. The van der Waals surface area contributed by atoms with Crippen molar-refractivity contribution >= 4 is 25.2 Å². The number of halogens is 1. The van der Waals surface area contributed by atoms with Crippen LogP contribution in [0.3, 0.4) is 0 Å². The monoisotopic (exact) mass is 274 g/mol. The van der Waals surface area contributed by atoms with E-state index in [1.54, 1.807) is 14.2 Å². The fourth-order valence-electron chi connectivity index (χ4n) is 1.30. The molecular weight excluding hydrogens is 260 g/mol. The summed E-state index contributed by atoms with van der Waals surface area (Å²) in [6.45, 7) is 0. The van der Waals surface area contributed by atoms with E-state index >= 15 is 0 Å². The molecule has 0 aliphatic heterocycles. The molecule has 0 aliphatic rings. The molecule has 0 heterocycles. The van der Waals surface area contributed by atoms with Crippen LogP contribution in [0.4, 0.5) is 0 Å². The van der Waals surface area contributed by atoms with Crippen molar-refractivity contribution in [1.82, 2.24) is 0 Å². The van der Waals surface area contributed by atoms with Crippen molar-refractivity contribution < 1.29 is 8.85 Å². The van der Waals surface area contributed by atoms with Gasteiger partial charge in [0.2, 0.25) is 0 Å². The highest BCUT2D eigenvalue weighted by atomic mass is 79.9. The lowest BCUT2D eigenvalue weighted by atomic mass is 10.2. The summed E-state index contributed by atoms with van der Waals surface area (Å²) in [6, 6.07) is 9.40. The maximum atomic E-state index is 5.28.